The molecule has 1 spiro atoms. The molecule has 1 saturated heterocycles. The van der Waals surface area contributed by atoms with Crippen molar-refractivity contribution in [2.45, 2.75) is 62.5 Å². The monoisotopic (exact) mass is 362 g/mol. The van der Waals surface area contributed by atoms with Gasteiger partial charge in [0.05, 0.1) is 5.54 Å². The predicted octanol–water partition coefficient (Wildman–Crippen LogP) is 3.21. The first-order chi connectivity index (χ1) is 11.9. The predicted molar refractivity (Wildman–Crippen MR) is 101 cm³/mol. The fourth-order valence-corrected chi connectivity index (χ4v) is 6.25. The molecule has 25 heavy (non-hydrogen) atoms. The van der Waals surface area contributed by atoms with E-state index in [4.69, 9.17) is 0 Å². The SMILES string of the molecule is CN(C)C1(c2cccs2)CCC2(CCN(C(=O)C3(O)CCC3)C2)CC1. The van der Waals surface area contributed by atoms with Gasteiger partial charge in [-0.25, -0.2) is 0 Å². The summed E-state index contributed by atoms with van der Waals surface area (Å²) in [6.45, 7) is 1.68. The molecule has 0 atom stereocenters. The Balaban J connectivity index is 1.45. The topological polar surface area (TPSA) is 43.8 Å². The molecule has 4 rings (SSSR count). The maximum absolute atomic E-state index is 12.7. The summed E-state index contributed by atoms with van der Waals surface area (Å²) in [6.07, 6.45) is 8.04. The first kappa shape index (κ1) is 17.5. The van der Waals surface area contributed by atoms with Gasteiger partial charge in [-0.1, -0.05) is 6.07 Å². The Hall–Kier alpha value is -0.910. The van der Waals surface area contributed by atoms with Crippen LogP contribution in [-0.4, -0.2) is 53.6 Å². The third-order valence-electron chi connectivity index (χ3n) is 7.28. The van der Waals surface area contributed by atoms with Crippen molar-refractivity contribution < 1.29 is 9.90 Å². The van der Waals surface area contributed by atoms with Crippen LogP contribution in [0.1, 0.15) is 56.2 Å². The van der Waals surface area contributed by atoms with Crippen LogP contribution in [0.4, 0.5) is 0 Å². The van der Waals surface area contributed by atoms with E-state index in [-0.39, 0.29) is 16.9 Å². The molecule has 2 aliphatic carbocycles. The van der Waals surface area contributed by atoms with Crippen LogP contribution >= 0.6 is 11.3 Å². The van der Waals surface area contributed by atoms with Gasteiger partial charge in [0, 0.05) is 18.0 Å². The molecule has 3 aliphatic rings. The van der Waals surface area contributed by atoms with Crippen LogP contribution in [0.15, 0.2) is 17.5 Å². The number of aliphatic hydroxyl groups is 1. The second kappa shape index (κ2) is 6.07. The molecular weight excluding hydrogens is 332 g/mol. The van der Waals surface area contributed by atoms with Crippen molar-refractivity contribution in [3.8, 4) is 0 Å². The maximum Gasteiger partial charge on any atom is 0.254 e. The maximum atomic E-state index is 12.7. The number of likely N-dealkylation sites (tertiary alicyclic amines) is 1. The van der Waals surface area contributed by atoms with Crippen molar-refractivity contribution in [1.82, 2.24) is 9.80 Å². The molecule has 0 bridgehead atoms. The molecule has 4 nitrogen and oxygen atoms in total. The van der Waals surface area contributed by atoms with Gasteiger partial charge in [0.15, 0.2) is 0 Å². The zero-order valence-electron chi connectivity index (χ0n) is 15.5. The van der Waals surface area contributed by atoms with E-state index in [1.165, 1.54) is 17.7 Å². The van der Waals surface area contributed by atoms with Crippen LogP contribution < -0.4 is 0 Å². The number of hydrogen-bond donors (Lipinski definition) is 1. The minimum absolute atomic E-state index is 0.00155. The van der Waals surface area contributed by atoms with Gasteiger partial charge in [0.25, 0.3) is 5.91 Å². The van der Waals surface area contributed by atoms with Crippen LogP contribution in [0, 0.1) is 5.41 Å². The van der Waals surface area contributed by atoms with Crippen LogP contribution in [-0.2, 0) is 10.3 Å². The van der Waals surface area contributed by atoms with E-state index in [9.17, 15) is 9.90 Å². The zero-order valence-corrected chi connectivity index (χ0v) is 16.3. The molecule has 0 radical (unpaired) electrons. The second-order valence-electron chi connectivity index (χ2n) is 8.77. The van der Waals surface area contributed by atoms with E-state index in [0.717, 1.165) is 38.8 Å². The third kappa shape index (κ3) is 2.75. The lowest BCUT2D eigenvalue weighted by Crippen LogP contribution is -2.53. The summed E-state index contributed by atoms with van der Waals surface area (Å²) in [7, 11) is 4.41. The Bertz CT molecular complexity index is 628. The van der Waals surface area contributed by atoms with Gasteiger partial charge in [0.1, 0.15) is 5.60 Å². The van der Waals surface area contributed by atoms with Crippen molar-refractivity contribution >= 4 is 17.2 Å². The van der Waals surface area contributed by atoms with E-state index >= 15 is 0 Å². The van der Waals surface area contributed by atoms with Crippen molar-refractivity contribution in [3.63, 3.8) is 0 Å². The Kier molecular flexibility index (Phi) is 4.25. The lowest BCUT2D eigenvalue weighted by Gasteiger charge is -2.48. The van der Waals surface area contributed by atoms with Gasteiger partial charge < -0.3 is 10.0 Å². The fourth-order valence-electron chi connectivity index (χ4n) is 5.19. The summed E-state index contributed by atoms with van der Waals surface area (Å²) in [6, 6.07) is 4.43. The van der Waals surface area contributed by atoms with Crippen molar-refractivity contribution in [2.75, 3.05) is 27.2 Å². The molecule has 138 valence electrons. The van der Waals surface area contributed by atoms with E-state index in [1.807, 2.05) is 16.2 Å². The normalized spacial score (nSPS) is 34.5. The zero-order chi connectivity index (χ0) is 17.7. The summed E-state index contributed by atoms with van der Waals surface area (Å²) in [5.74, 6) is -0.00155. The van der Waals surface area contributed by atoms with Crippen molar-refractivity contribution in [2.24, 2.45) is 5.41 Å². The minimum Gasteiger partial charge on any atom is -0.380 e. The van der Waals surface area contributed by atoms with E-state index in [0.29, 0.717) is 12.8 Å². The van der Waals surface area contributed by atoms with Gasteiger partial charge in [-0.2, -0.15) is 0 Å². The fraction of sp³-hybridized carbons (Fsp3) is 0.750. The molecule has 1 amide bonds. The Morgan fingerprint density at radius 2 is 1.88 bits per heavy atom. The largest absolute Gasteiger partial charge is 0.380 e. The lowest BCUT2D eigenvalue weighted by molar-refractivity contribution is -0.159. The Morgan fingerprint density at radius 3 is 2.40 bits per heavy atom. The highest BCUT2D eigenvalue weighted by molar-refractivity contribution is 7.10. The molecule has 1 N–H and O–H groups in total. The van der Waals surface area contributed by atoms with Gasteiger partial charge in [0.2, 0.25) is 0 Å². The molecule has 1 aromatic rings. The number of nitrogens with zero attached hydrogens (tertiary/aromatic N) is 2. The summed E-state index contributed by atoms with van der Waals surface area (Å²) in [4.78, 5) is 18.5. The van der Waals surface area contributed by atoms with Crippen molar-refractivity contribution in [3.05, 3.63) is 22.4 Å². The molecule has 0 aromatic carbocycles. The average Bonchev–Trinajstić information content (AvgIpc) is 3.24. The highest BCUT2D eigenvalue weighted by Gasteiger charge is 2.52. The van der Waals surface area contributed by atoms with E-state index in [2.05, 4.69) is 36.5 Å². The first-order valence-corrected chi connectivity index (χ1v) is 10.5. The number of carbonyl (C=O) groups is 1. The highest BCUT2D eigenvalue weighted by Crippen LogP contribution is 2.53. The summed E-state index contributed by atoms with van der Waals surface area (Å²) >= 11 is 1.87. The first-order valence-electron chi connectivity index (χ1n) is 9.63. The van der Waals surface area contributed by atoms with Gasteiger partial charge in [-0.05, 0) is 82.3 Å². The quantitative estimate of drug-likeness (QED) is 0.898. The molecule has 0 unspecified atom stereocenters. The van der Waals surface area contributed by atoms with E-state index < -0.39 is 5.60 Å². The molecule has 2 heterocycles. The number of thiophene rings is 1. The number of amides is 1. The number of carbonyl (C=O) groups excluding carboxylic acids is 1. The number of hydrogen-bond acceptors (Lipinski definition) is 4. The van der Waals surface area contributed by atoms with Crippen LogP contribution in [0.2, 0.25) is 0 Å². The molecule has 1 aliphatic heterocycles. The summed E-state index contributed by atoms with van der Waals surface area (Å²) in [5.41, 5.74) is -0.611. The standard InChI is InChI=1S/C20H30N2O2S/c1-21(2)19(16-5-3-14-25-16)10-8-18(9-11-19)12-13-22(15-18)17(23)20(24)6-4-7-20/h3,5,14,24H,4,6-13,15H2,1-2H3. The molecular formula is C20H30N2O2S. The Morgan fingerprint density at radius 1 is 1.16 bits per heavy atom. The number of rotatable bonds is 3. The summed E-state index contributed by atoms with van der Waals surface area (Å²) < 4.78 is 0. The lowest BCUT2D eigenvalue weighted by atomic mass is 9.66. The summed E-state index contributed by atoms with van der Waals surface area (Å²) in [5, 5.41) is 12.6. The van der Waals surface area contributed by atoms with Crippen LogP contribution in [0.3, 0.4) is 0 Å². The Labute approximate surface area is 154 Å². The molecule has 3 fully saturated rings. The average molecular weight is 363 g/mol. The smallest absolute Gasteiger partial charge is 0.254 e. The van der Waals surface area contributed by atoms with Crippen molar-refractivity contribution in [1.29, 1.82) is 0 Å². The highest BCUT2D eigenvalue weighted by atomic mass is 32.1. The van der Waals surface area contributed by atoms with Gasteiger partial charge in [-0.3, -0.25) is 9.69 Å². The van der Waals surface area contributed by atoms with E-state index in [1.54, 1.807) is 0 Å². The van der Waals surface area contributed by atoms with Gasteiger partial charge in [-0.15, -0.1) is 11.3 Å². The van der Waals surface area contributed by atoms with Crippen LogP contribution in [0.25, 0.3) is 0 Å². The molecule has 1 aromatic heterocycles. The van der Waals surface area contributed by atoms with Gasteiger partial charge >= 0.3 is 0 Å². The second-order valence-corrected chi connectivity index (χ2v) is 9.71. The molecule has 2 saturated carbocycles. The molecule has 5 heteroatoms. The third-order valence-corrected chi connectivity index (χ3v) is 8.34. The minimum atomic E-state index is -1.04. The van der Waals surface area contributed by atoms with Crippen LogP contribution in [0.5, 0.6) is 0 Å².